The second kappa shape index (κ2) is 10.6. The average molecular weight is 546 g/mol. The van der Waals surface area contributed by atoms with Crippen molar-refractivity contribution in [2.45, 2.75) is 53.5 Å². The molecule has 0 aliphatic heterocycles. The highest BCUT2D eigenvalue weighted by atomic mass is 32.1. The van der Waals surface area contributed by atoms with Crippen LogP contribution >= 0.6 is 11.3 Å². The van der Waals surface area contributed by atoms with Crippen LogP contribution in [0.2, 0.25) is 0 Å². The molecule has 0 unspecified atom stereocenters. The zero-order chi connectivity index (χ0) is 27.7. The molecule has 1 aliphatic carbocycles. The number of nitro benzene ring substituents is 1. The number of nitro groups is 1. The van der Waals surface area contributed by atoms with Crippen molar-refractivity contribution in [3.63, 3.8) is 0 Å². The van der Waals surface area contributed by atoms with Crippen LogP contribution < -0.4 is 5.32 Å². The van der Waals surface area contributed by atoms with E-state index in [0.29, 0.717) is 45.9 Å². The number of furan rings is 2. The first-order valence-electron chi connectivity index (χ1n) is 12.9. The maximum absolute atomic E-state index is 13.4. The standard InChI is InChI=1S/C30H31N3O5S/c1-18-7-9-20(33(35)36)15-24(18)25-12-10-22(38-25)17-32-29-27(28(34)31-16-21-6-5-13-37-21)23-11-8-19(30(2,3)4)14-26(23)39-29/h5-7,9-10,12-13,15,17,19H,8,11,14,16H2,1-4H3,(H,31,34)/t19-/m1/s1. The van der Waals surface area contributed by atoms with Crippen molar-refractivity contribution in [3.05, 3.63) is 91.9 Å². The van der Waals surface area contributed by atoms with E-state index in [9.17, 15) is 14.9 Å². The van der Waals surface area contributed by atoms with E-state index in [4.69, 9.17) is 13.8 Å². The first-order valence-corrected chi connectivity index (χ1v) is 13.8. The molecule has 0 saturated carbocycles. The first kappa shape index (κ1) is 26.6. The van der Waals surface area contributed by atoms with Gasteiger partial charge in [0, 0.05) is 22.6 Å². The summed E-state index contributed by atoms with van der Waals surface area (Å²) in [4.78, 5) is 30.1. The topological polar surface area (TPSA) is 111 Å². The van der Waals surface area contributed by atoms with Crippen LogP contribution in [0.1, 0.15) is 65.1 Å². The number of non-ortho nitro benzene ring substituents is 1. The highest BCUT2D eigenvalue weighted by molar-refractivity contribution is 7.16. The molecule has 1 atom stereocenters. The normalized spacial score (nSPS) is 15.4. The predicted octanol–water partition coefficient (Wildman–Crippen LogP) is 7.65. The van der Waals surface area contributed by atoms with Crippen LogP contribution in [-0.2, 0) is 19.4 Å². The molecule has 3 aromatic heterocycles. The van der Waals surface area contributed by atoms with Gasteiger partial charge in [-0.1, -0.05) is 26.8 Å². The summed E-state index contributed by atoms with van der Waals surface area (Å²) >= 11 is 1.56. The maximum atomic E-state index is 13.4. The molecular formula is C30H31N3O5S. The lowest BCUT2D eigenvalue weighted by atomic mass is 9.72. The van der Waals surface area contributed by atoms with Gasteiger partial charge >= 0.3 is 0 Å². The van der Waals surface area contributed by atoms with E-state index < -0.39 is 4.92 Å². The lowest BCUT2D eigenvalue weighted by Crippen LogP contribution is -2.28. The number of aryl methyl sites for hydroxylation is 1. The molecule has 9 heteroatoms. The number of hydrogen-bond donors (Lipinski definition) is 1. The van der Waals surface area contributed by atoms with Crippen LogP contribution in [0.5, 0.6) is 0 Å². The number of nitrogens with one attached hydrogen (secondary N) is 1. The van der Waals surface area contributed by atoms with Crippen LogP contribution in [-0.4, -0.2) is 17.0 Å². The molecule has 3 heterocycles. The summed E-state index contributed by atoms with van der Waals surface area (Å²) < 4.78 is 11.4. The number of benzene rings is 1. The molecule has 1 aromatic carbocycles. The fourth-order valence-corrected chi connectivity index (χ4v) is 6.25. The van der Waals surface area contributed by atoms with Crippen LogP contribution in [0, 0.1) is 28.4 Å². The number of thiophene rings is 1. The van der Waals surface area contributed by atoms with E-state index in [1.54, 1.807) is 48.1 Å². The molecule has 39 heavy (non-hydrogen) atoms. The van der Waals surface area contributed by atoms with E-state index >= 15 is 0 Å². The van der Waals surface area contributed by atoms with Gasteiger partial charge in [0.2, 0.25) is 0 Å². The number of rotatable bonds is 7. The smallest absolute Gasteiger partial charge is 0.270 e. The van der Waals surface area contributed by atoms with E-state index in [1.807, 2.05) is 13.0 Å². The summed E-state index contributed by atoms with van der Waals surface area (Å²) in [6.07, 6.45) is 5.98. The summed E-state index contributed by atoms with van der Waals surface area (Å²) in [5.74, 6) is 2.07. The van der Waals surface area contributed by atoms with Gasteiger partial charge in [-0.15, -0.1) is 11.3 Å². The molecular weight excluding hydrogens is 514 g/mol. The Labute approximate surface area is 230 Å². The van der Waals surface area contributed by atoms with Gasteiger partial charge in [0.25, 0.3) is 11.6 Å². The first-order chi connectivity index (χ1) is 18.6. The van der Waals surface area contributed by atoms with Crippen LogP contribution in [0.4, 0.5) is 10.7 Å². The van der Waals surface area contributed by atoms with Gasteiger partial charge in [-0.3, -0.25) is 14.9 Å². The van der Waals surface area contributed by atoms with Gasteiger partial charge in [0.05, 0.1) is 29.5 Å². The molecule has 5 rings (SSSR count). The lowest BCUT2D eigenvalue weighted by molar-refractivity contribution is -0.384. The number of hydrogen-bond acceptors (Lipinski definition) is 7. The second-order valence-electron chi connectivity index (χ2n) is 11.0. The maximum Gasteiger partial charge on any atom is 0.270 e. The van der Waals surface area contributed by atoms with Gasteiger partial charge in [0.1, 0.15) is 22.3 Å². The molecule has 0 spiro atoms. The van der Waals surface area contributed by atoms with Crippen molar-refractivity contribution in [1.29, 1.82) is 0 Å². The average Bonchev–Trinajstić information content (AvgIpc) is 3.65. The van der Waals surface area contributed by atoms with Crippen LogP contribution in [0.25, 0.3) is 11.3 Å². The van der Waals surface area contributed by atoms with Crippen LogP contribution in [0.15, 0.2) is 62.6 Å². The summed E-state index contributed by atoms with van der Waals surface area (Å²) in [7, 11) is 0. The molecule has 0 saturated heterocycles. The second-order valence-corrected chi connectivity index (χ2v) is 12.1. The fourth-order valence-electron chi connectivity index (χ4n) is 4.98. The Morgan fingerprint density at radius 1 is 1.26 bits per heavy atom. The summed E-state index contributed by atoms with van der Waals surface area (Å²) in [6.45, 7) is 8.98. The minimum absolute atomic E-state index is 0.00477. The highest BCUT2D eigenvalue weighted by Crippen LogP contribution is 2.45. The van der Waals surface area contributed by atoms with Crippen LogP contribution in [0.3, 0.4) is 0 Å². The number of fused-ring (bicyclic) bond motifs is 1. The van der Waals surface area contributed by atoms with Crippen molar-refractivity contribution >= 4 is 34.1 Å². The number of nitrogens with zero attached hydrogens (tertiary/aromatic N) is 2. The Balaban J connectivity index is 1.44. The molecule has 1 amide bonds. The van der Waals surface area contributed by atoms with Crippen molar-refractivity contribution in [2.75, 3.05) is 0 Å². The van der Waals surface area contributed by atoms with E-state index in [1.165, 1.54) is 17.0 Å². The molecule has 202 valence electrons. The van der Waals surface area contributed by atoms with E-state index in [0.717, 1.165) is 30.4 Å². The molecule has 8 nitrogen and oxygen atoms in total. The number of aliphatic imine (C=N–C) groups is 1. The zero-order valence-electron chi connectivity index (χ0n) is 22.4. The van der Waals surface area contributed by atoms with Crippen molar-refractivity contribution in [2.24, 2.45) is 16.3 Å². The van der Waals surface area contributed by atoms with Gasteiger partial charge < -0.3 is 14.2 Å². The molecule has 0 fully saturated rings. The Hall–Kier alpha value is -3.98. The zero-order valence-corrected chi connectivity index (χ0v) is 23.3. The predicted molar refractivity (Wildman–Crippen MR) is 152 cm³/mol. The quantitative estimate of drug-likeness (QED) is 0.146. The largest absolute Gasteiger partial charge is 0.467 e. The molecule has 4 aromatic rings. The van der Waals surface area contributed by atoms with Gasteiger partial charge in [-0.2, -0.15) is 0 Å². The molecule has 1 aliphatic rings. The summed E-state index contributed by atoms with van der Waals surface area (Å²) in [5.41, 5.74) is 3.41. The number of amides is 1. The number of carbonyl (C=O) groups is 1. The van der Waals surface area contributed by atoms with Crippen molar-refractivity contribution in [3.8, 4) is 11.3 Å². The highest BCUT2D eigenvalue weighted by Gasteiger charge is 2.33. The van der Waals surface area contributed by atoms with E-state index in [-0.39, 0.29) is 17.0 Å². The Morgan fingerprint density at radius 2 is 2.08 bits per heavy atom. The Kier molecular flexibility index (Phi) is 7.27. The Bertz CT molecular complexity index is 1540. The third-order valence-corrected chi connectivity index (χ3v) is 8.50. The summed E-state index contributed by atoms with van der Waals surface area (Å²) in [5, 5.41) is 14.9. The van der Waals surface area contributed by atoms with Gasteiger partial charge in [-0.25, -0.2) is 4.99 Å². The third-order valence-electron chi connectivity index (χ3n) is 7.34. The fraction of sp³-hybridized carbons (Fsp3) is 0.333. The summed E-state index contributed by atoms with van der Waals surface area (Å²) in [6, 6.07) is 11.9. The Morgan fingerprint density at radius 3 is 2.79 bits per heavy atom. The SMILES string of the molecule is Cc1ccc([N+](=O)[O-])cc1-c1ccc(C=Nc2sc3c(c2C(=O)NCc2ccco2)CC[C@@H](C(C)(C)C)C3)o1. The molecule has 0 radical (unpaired) electrons. The van der Waals surface area contributed by atoms with Gasteiger partial charge in [-0.05, 0) is 72.9 Å². The number of carbonyl (C=O) groups excluding carboxylic acids is 1. The lowest BCUT2D eigenvalue weighted by Gasteiger charge is -2.33. The third kappa shape index (κ3) is 5.73. The van der Waals surface area contributed by atoms with Gasteiger partial charge in [0.15, 0.2) is 0 Å². The van der Waals surface area contributed by atoms with E-state index in [2.05, 4.69) is 26.1 Å². The van der Waals surface area contributed by atoms with Crippen molar-refractivity contribution < 1.29 is 18.6 Å². The minimum Gasteiger partial charge on any atom is -0.467 e. The molecule has 0 bridgehead atoms. The molecule has 1 N–H and O–H groups in total. The monoisotopic (exact) mass is 545 g/mol. The van der Waals surface area contributed by atoms with Crippen molar-refractivity contribution in [1.82, 2.24) is 5.32 Å². The minimum atomic E-state index is -0.421.